The van der Waals surface area contributed by atoms with Crippen LogP contribution in [0.25, 0.3) is 0 Å². The minimum Gasteiger partial charge on any atom is -0.207 e. The fourth-order valence-corrected chi connectivity index (χ4v) is 5.61. The Morgan fingerprint density at radius 3 is 2.35 bits per heavy atom. The summed E-state index contributed by atoms with van der Waals surface area (Å²) >= 11 is 0. The molecule has 0 heterocycles. The quantitative estimate of drug-likeness (QED) is 0.341. The van der Waals surface area contributed by atoms with E-state index in [1.165, 1.54) is 81.0 Å². The van der Waals surface area contributed by atoms with Crippen molar-refractivity contribution >= 4 is 0 Å². The smallest absolute Gasteiger partial charge is 0.139 e. The molecule has 2 aliphatic carbocycles. The highest BCUT2D eigenvalue weighted by molar-refractivity contribution is 5.47. The second-order valence-electron chi connectivity index (χ2n) is 9.64. The third-order valence-electron chi connectivity index (χ3n) is 7.52. The van der Waals surface area contributed by atoms with Crippen LogP contribution in [0.2, 0.25) is 0 Å². The first-order valence-corrected chi connectivity index (χ1v) is 12.2. The van der Waals surface area contributed by atoms with Gasteiger partial charge in [-0.05, 0) is 97.4 Å². The summed E-state index contributed by atoms with van der Waals surface area (Å²) in [5.74, 6) is 7.87. The van der Waals surface area contributed by atoms with Gasteiger partial charge in [0, 0.05) is 5.56 Å². The molecule has 2 aliphatic rings. The molecule has 2 aromatic carbocycles. The predicted octanol–water partition coefficient (Wildman–Crippen LogP) is 7.86. The summed E-state index contributed by atoms with van der Waals surface area (Å²) in [4.78, 5) is 0. The lowest BCUT2D eigenvalue weighted by Gasteiger charge is -2.36. The van der Waals surface area contributed by atoms with E-state index in [-0.39, 0.29) is 11.6 Å². The predicted molar refractivity (Wildman–Crippen MR) is 124 cm³/mol. The third-order valence-corrected chi connectivity index (χ3v) is 7.52. The zero-order chi connectivity index (χ0) is 21.6. The van der Waals surface area contributed by atoms with Crippen molar-refractivity contribution in [1.82, 2.24) is 0 Å². The van der Waals surface area contributed by atoms with E-state index in [1.54, 1.807) is 18.2 Å². The average Bonchev–Trinajstić information content (AvgIpc) is 2.79. The van der Waals surface area contributed by atoms with E-state index >= 15 is 0 Å². The number of benzene rings is 2. The zero-order valence-corrected chi connectivity index (χ0v) is 18.7. The van der Waals surface area contributed by atoms with Crippen LogP contribution in [-0.4, -0.2) is 0 Å². The number of fused-ring (bicyclic) bond motifs is 1. The average molecular weight is 421 g/mol. The molecule has 1 fully saturated rings. The highest BCUT2D eigenvalue weighted by Crippen LogP contribution is 2.41. The highest BCUT2D eigenvalue weighted by atomic mass is 19.1. The van der Waals surface area contributed by atoms with Crippen molar-refractivity contribution in [3.8, 4) is 11.8 Å². The van der Waals surface area contributed by atoms with Crippen molar-refractivity contribution in [1.29, 1.82) is 0 Å². The Kier molecular flexibility index (Phi) is 7.44. The summed E-state index contributed by atoms with van der Waals surface area (Å²) < 4.78 is 27.8. The Morgan fingerprint density at radius 2 is 1.61 bits per heavy atom. The molecule has 0 N–H and O–H groups in total. The SMILES string of the molecule is CCCCCC1CCC(C2CCc3cc(C#Cc4ccc(F)cc4)c(F)cc3C2)CC1. The monoisotopic (exact) mass is 420 g/mol. The van der Waals surface area contributed by atoms with Gasteiger partial charge in [0.25, 0.3) is 0 Å². The first-order chi connectivity index (χ1) is 15.1. The molecule has 31 heavy (non-hydrogen) atoms. The number of hydrogen-bond acceptors (Lipinski definition) is 0. The van der Waals surface area contributed by atoms with Crippen molar-refractivity contribution in [2.24, 2.45) is 17.8 Å². The van der Waals surface area contributed by atoms with Gasteiger partial charge in [-0.2, -0.15) is 0 Å². The summed E-state index contributed by atoms with van der Waals surface area (Å²) in [6.45, 7) is 2.28. The summed E-state index contributed by atoms with van der Waals surface area (Å²) in [5, 5.41) is 0. The summed E-state index contributed by atoms with van der Waals surface area (Å²) in [7, 11) is 0. The van der Waals surface area contributed by atoms with Crippen molar-refractivity contribution in [2.45, 2.75) is 77.6 Å². The second-order valence-corrected chi connectivity index (χ2v) is 9.64. The van der Waals surface area contributed by atoms with E-state index in [2.05, 4.69) is 18.8 Å². The van der Waals surface area contributed by atoms with Crippen LogP contribution in [0.15, 0.2) is 36.4 Å². The minimum absolute atomic E-state index is 0.228. The van der Waals surface area contributed by atoms with Crippen molar-refractivity contribution in [2.75, 3.05) is 0 Å². The lowest BCUT2D eigenvalue weighted by atomic mass is 9.69. The molecule has 0 nitrogen and oxygen atoms in total. The lowest BCUT2D eigenvalue weighted by Crippen LogP contribution is -2.26. The van der Waals surface area contributed by atoms with Gasteiger partial charge in [0.05, 0.1) is 5.56 Å². The Bertz CT molecular complexity index is 924. The van der Waals surface area contributed by atoms with Crippen molar-refractivity contribution < 1.29 is 8.78 Å². The van der Waals surface area contributed by atoms with Crippen LogP contribution in [0, 0.1) is 41.2 Å². The van der Waals surface area contributed by atoms with Crippen LogP contribution in [0.1, 0.15) is 87.0 Å². The summed E-state index contributed by atoms with van der Waals surface area (Å²) in [5.41, 5.74) is 3.60. The van der Waals surface area contributed by atoms with Gasteiger partial charge >= 0.3 is 0 Å². The van der Waals surface area contributed by atoms with E-state index < -0.39 is 0 Å². The number of aryl methyl sites for hydroxylation is 1. The van der Waals surface area contributed by atoms with Gasteiger partial charge in [-0.15, -0.1) is 0 Å². The number of hydrogen-bond donors (Lipinski definition) is 0. The Hall–Kier alpha value is -2.14. The van der Waals surface area contributed by atoms with E-state index in [0.717, 1.165) is 24.7 Å². The molecule has 0 amide bonds. The maximum absolute atomic E-state index is 14.8. The van der Waals surface area contributed by atoms with Crippen LogP contribution in [0.5, 0.6) is 0 Å². The van der Waals surface area contributed by atoms with E-state index in [9.17, 15) is 8.78 Å². The molecule has 0 bridgehead atoms. The molecule has 0 spiro atoms. The molecular formula is C29H34F2. The topological polar surface area (TPSA) is 0 Å². The van der Waals surface area contributed by atoms with Gasteiger partial charge in [0.15, 0.2) is 0 Å². The third kappa shape index (κ3) is 5.76. The van der Waals surface area contributed by atoms with Crippen LogP contribution in [0.4, 0.5) is 8.78 Å². The highest BCUT2D eigenvalue weighted by Gasteiger charge is 2.30. The van der Waals surface area contributed by atoms with Crippen LogP contribution >= 0.6 is 0 Å². The molecule has 2 heteroatoms. The Morgan fingerprint density at radius 1 is 0.839 bits per heavy atom. The zero-order valence-electron chi connectivity index (χ0n) is 18.7. The molecule has 0 aliphatic heterocycles. The van der Waals surface area contributed by atoms with Gasteiger partial charge in [-0.1, -0.05) is 57.3 Å². The van der Waals surface area contributed by atoms with Gasteiger partial charge in [-0.3, -0.25) is 0 Å². The molecule has 164 valence electrons. The molecule has 1 saturated carbocycles. The Balaban J connectivity index is 1.37. The summed E-state index contributed by atoms with van der Waals surface area (Å²) in [6.07, 6.45) is 14.3. The number of unbranched alkanes of at least 4 members (excludes halogenated alkanes) is 2. The van der Waals surface area contributed by atoms with Crippen LogP contribution < -0.4 is 0 Å². The standard InChI is InChI=1S/C29H34F2/c1-2-3-4-5-21-6-11-23(12-7-21)24-14-15-25-18-26(29(31)20-27(25)19-24)13-8-22-9-16-28(30)17-10-22/h9-10,16-18,20-21,23-24H,2-7,11-12,14-15,19H2,1H3. The molecule has 0 saturated heterocycles. The van der Waals surface area contributed by atoms with Gasteiger partial charge in [0.1, 0.15) is 11.6 Å². The van der Waals surface area contributed by atoms with Gasteiger partial charge in [0.2, 0.25) is 0 Å². The van der Waals surface area contributed by atoms with Crippen molar-refractivity contribution in [3.05, 3.63) is 70.3 Å². The minimum atomic E-state index is -0.287. The van der Waals surface area contributed by atoms with Gasteiger partial charge < -0.3 is 0 Å². The number of rotatable bonds is 5. The molecule has 4 rings (SSSR count). The fraction of sp³-hybridized carbons (Fsp3) is 0.517. The van der Waals surface area contributed by atoms with E-state index in [0.29, 0.717) is 17.0 Å². The van der Waals surface area contributed by atoms with E-state index in [1.807, 2.05) is 6.07 Å². The second kappa shape index (κ2) is 10.4. The molecule has 0 radical (unpaired) electrons. The maximum Gasteiger partial charge on any atom is 0.139 e. The molecule has 1 unspecified atom stereocenters. The van der Waals surface area contributed by atoms with Crippen LogP contribution in [0.3, 0.4) is 0 Å². The van der Waals surface area contributed by atoms with E-state index in [4.69, 9.17) is 0 Å². The number of halogens is 2. The largest absolute Gasteiger partial charge is 0.207 e. The van der Waals surface area contributed by atoms with Gasteiger partial charge in [-0.25, -0.2) is 8.78 Å². The summed E-state index contributed by atoms with van der Waals surface area (Å²) in [6, 6.07) is 9.69. The van der Waals surface area contributed by atoms with Crippen molar-refractivity contribution in [3.63, 3.8) is 0 Å². The molecular weight excluding hydrogens is 386 g/mol. The first-order valence-electron chi connectivity index (χ1n) is 12.2. The Labute approximate surface area is 186 Å². The molecule has 1 atom stereocenters. The molecule has 2 aromatic rings. The van der Waals surface area contributed by atoms with Crippen LogP contribution in [-0.2, 0) is 12.8 Å². The lowest BCUT2D eigenvalue weighted by molar-refractivity contribution is 0.183. The fourth-order valence-electron chi connectivity index (χ4n) is 5.61. The first kappa shape index (κ1) is 22.1. The molecule has 0 aromatic heterocycles. The normalized spacial score (nSPS) is 23.0. The maximum atomic E-state index is 14.8.